The molecular formula is C16H23N. The first kappa shape index (κ1) is 11.1. The molecule has 1 aromatic carbocycles. The zero-order valence-corrected chi connectivity index (χ0v) is 11.2. The molecule has 0 unspecified atom stereocenters. The van der Waals surface area contributed by atoms with Crippen LogP contribution in [0.15, 0.2) is 24.3 Å². The van der Waals surface area contributed by atoms with Crippen molar-refractivity contribution in [1.29, 1.82) is 0 Å². The van der Waals surface area contributed by atoms with Crippen LogP contribution < -0.4 is 4.90 Å². The van der Waals surface area contributed by atoms with Gasteiger partial charge in [-0.15, -0.1) is 0 Å². The molecule has 0 aromatic heterocycles. The Morgan fingerprint density at radius 2 is 1.82 bits per heavy atom. The topological polar surface area (TPSA) is 3.24 Å². The Morgan fingerprint density at radius 1 is 1.18 bits per heavy atom. The molecule has 17 heavy (non-hydrogen) atoms. The second-order valence-corrected chi connectivity index (χ2v) is 6.55. The maximum absolute atomic E-state index is 2.56. The van der Waals surface area contributed by atoms with E-state index < -0.39 is 0 Å². The van der Waals surface area contributed by atoms with Gasteiger partial charge < -0.3 is 4.90 Å². The highest BCUT2D eigenvalue weighted by Gasteiger charge is 2.52. The normalized spacial score (nSPS) is 22.7. The van der Waals surface area contributed by atoms with Crippen molar-refractivity contribution in [2.45, 2.75) is 33.6 Å². The summed E-state index contributed by atoms with van der Waals surface area (Å²) in [6.45, 7) is 9.55. The summed E-state index contributed by atoms with van der Waals surface area (Å²) in [6.07, 6.45) is 2.93. The number of hydrogen-bond donors (Lipinski definition) is 0. The minimum atomic E-state index is 0.692. The Morgan fingerprint density at radius 3 is 2.41 bits per heavy atom. The average Bonchev–Trinajstić information content (AvgIpc) is 2.15. The van der Waals surface area contributed by atoms with Crippen LogP contribution >= 0.6 is 0 Å². The van der Waals surface area contributed by atoms with Crippen molar-refractivity contribution < 1.29 is 0 Å². The lowest BCUT2D eigenvalue weighted by molar-refractivity contribution is -0.000593. The van der Waals surface area contributed by atoms with Crippen LogP contribution in [0.3, 0.4) is 0 Å². The van der Waals surface area contributed by atoms with E-state index in [4.69, 9.17) is 0 Å². The second kappa shape index (κ2) is 3.76. The van der Waals surface area contributed by atoms with E-state index >= 15 is 0 Å². The Bertz CT molecular complexity index is 407. The lowest BCUT2D eigenvalue weighted by Gasteiger charge is -2.61. The summed E-state index contributed by atoms with van der Waals surface area (Å²) >= 11 is 0. The first-order valence-corrected chi connectivity index (χ1v) is 6.90. The van der Waals surface area contributed by atoms with Crippen LogP contribution in [0.4, 0.5) is 5.69 Å². The number of para-hydroxylation sites is 1. The molecule has 1 aromatic rings. The summed E-state index contributed by atoms with van der Waals surface area (Å²) in [5.74, 6) is 1.88. The van der Waals surface area contributed by atoms with Gasteiger partial charge in [0.25, 0.3) is 0 Å². The fourth-order valence-corrected chi connectivity index (χ4v) is 3.63. The molecule has 0 bridgehead atoms. The zero-order chi connectivity index (χ0) is 12.0. The molecule has 1 aliphatic carbocycles. The zero-order valence-electron chi connectivity index (χ0n) is 11.2. The number of anilines is 1. The van der Waals surface area contributed by atoms with E-state index in [9.17, 15) is 0 Å². The number of nitrogens with zero attached hydrogens (tertiary/aromatic N) is 1. The van der Waals surface area contributed by atoms with E-state index in [1.54, 1.807) is 0 Å². The molecule has 1 spiro atoms. The summed E-state index contributed by atoms with van der Waals surface area (Å²) in [5, 5.41) is 0. The Balaban J connectivity index is 1.61. The molecule has 2 fully saturated rings. The number of aryl methyl sites for hydroxylation is 1. The number of hydrogen-bond acceptors (Lipinski definition) is 1. The van der Waals surface area contributed by atoms with Crippen molar-refractivity contribution in [2.24, 2.45) is 17.3 Å². The van der Waals surface area contributed by atoms with Crippen molar-refractivity contribution in [3.63, 3.8) is 0 Å². The molecule has 0 N–H and O–H groups in total. The van der Waals surface area contributed by atoms with Gasteiger partial charge in [0.2, 0.25) is 0 Å². The molecule has 1 heterocycles. The molecule has 1 saturated carbocycles. The molecule has 92 valence electrons. The number of benzene rings is 1. The molecule has 1 nitrogen and oxygen atoms in total. The molecule has 1 heteroatoms. The van der Waals surface area contributed by atoms with Crippen LogP contribution in [0, 0.1) is 24.2 Å². The maximum Gasteiger partial charge on any atom is 0.0396 e. The minimum Gasteiger partial charge on any atom is -0.370 e. The van der Waals surface area contributed by atoms with Gasteiger partial charge in [0, 0.05) is 24.2 Å². The molecule has 0 amide bonds. The molecular weight excluding hydrogens is 206 g/mol. The van der Waals surface area contributed by atoms with Crippen molar-refractivity contribution in [2.75, 3.05) is 18.0 Å². The van der Waals surface area contributed by atoms with Crippen molar-refractivity contribution in [3.8, 4) is 0 Å². The molecule has 0 radical (unpaired) electrons. The molecule has 1 saturated heterocycles. The fraction of sp³-hybridized carbons (Fsp3) is 0.625. The Hall–Kier alpha value is -0.980. The van der Waals surface area contributed by atoms with Crippen LogP contribution in [0.2, 0.25) is 0 Å². The first-order valence-electron chi connectivity index (χ1n) is 6.90. The Kier molecular flexibility index (Phi) is 2.46. The number of rotatable bonds is 2. The van der Waals surface area contributed by atoms with E-state index in [0.717, 1.165) is 11.8 Å². The van der Waals surface area contributed by atoms with E-state index in [1.165, 1.54) is 37.2 Å². The standard InChI is InChI=1S/C16H23N/c1-12(2)14-8-16(9-14)10-17(11-16)15-7-5-4-6-13(15)3/h4-7,12,14H,8-11H2,1-3H3. The third-order valence-electron chi connectivity index (χ3n) is 4.84. The highest BCUT2D eigenvalue weighted by atomic mass is 15.2. The lowest BCUT2D eigenvalue weighted by atomic mass is 9.55. The van der Waals surface area contributed by atoms with E-state index in [0.29, 0.717) is 5.41 Å². The third kappa shape index (κ3) is 1.76. The molecule has 0 atom stereocenters. The van der Waals surface area contributed by atoms with Gasteiger partial charge in [-0.25, -0.2) is 0 Å². The summed E-state index contributed by atoms with van der Waals surface area (Å²) in [5.41, 5.74) is 3.56. The predicted octanol–water partition coefficient (Wildman–Crippen LogP) is 3.87. The molecule has 1 aliphatic heterocycles. The average molecular weight is 229 g/mol. The van der Waals surface area contributed by atoms with E-state index in [-0.39, 0.29) is 0 Å². The van der Waals surface area contributed by atoms with Crippen LogP contribution in [0.25, 0.3) is 0 Å². The van der Waals surface area contributed by atoms with Crippen LogP contribution in [-0.2, 0) is 0 Å². The quantitative estimate of drug-likeness (QED) is 0.744. The van der Waals surface area contributed by atoms with Gasteiger partial charge in [-0.2, -0.15) is 0 Å². The van der Waals surface area contributed by atoms with Crippen molar-refractivity contribution >= 4 is 5.69 Å². The van der Waals surface area contributed by atoms with Gasteiger partial charge in [-0.1, -0.05) is 32.0 Å². The summed E-state index contributed by atoms with van der Waals surface area (Å²) < 4.78 is 0. The second-order valence-electron chi connectivity index (χ2n) is 6.55. The first-order chi connectivity index (χ1) is 8.10. The SMILES string of the molecule is Cc1ccccc1N1CC2(CC(C(C)C)C2)C1. The predicted molar refractivity (Wildman–Crippen MR) is 73.4 cm³/mol. The van der Waals surface area contributed by atoms with Gasteiger partial charge in [-0.05, 0) is 43.2 Å². The maximum atomic E-state index is 2.56. The summed E-state index contributed by atoms with van der Waals surface area (Å²) in [6, 6.07) is 8.77. The fourth-order valence-electron chi connectivity index (χ4n) is 3.63. The van der Waals surface area contributed by atoms with Gasteiger partial charge >= 0.3 is 0 Å². The van der Waals surface area contributed by atoms with Crippen LogP contribution in [-0.4, -0.2) is 13.1 Å². The Labute approximate surface area is 105 Å². The van der Waals surface area contributed by atoms with Crippen LogP contribution in [0.5, 0.6) is 0 Å². The summed E-state index contributed by atoms with van der Waals surface area (Å²) in [7, 11) is 0. The van der Waals surface area contributed by atoms with Crippen molar-refractivity contribution in [3.05, 3.63) is 29.8 Å². The molecule has 3 rings (SSSR count). The van der Waals surface area contributed by atoms with Gasteiger partial charge in [0.05, 0.1) is 0 Å². The molecule has 2 aliphatic rings. The smallest absolute Gasteiger partial charge is 0.0396 e. The van der Waals surface area contributed by atoms with Gasteiger partial charge in [-0.3, -0.25) is 0 Å². The monoisotopic (exact) mass is 229 g/mol. The highest BCUT2D eigenvalue weighted by Crippen LogP contribution is 2.55. The highest BCUT2D eigenvalue weighted by molar-refractivity contribution is 5.56. The van der Waals surface area contributed by atoms with E-state index in [1.807, 2.05) is 0 Å². The largest absolute Gasteiger partial charge is 0.370 e. The van der Waals surface area contributed by atoms with Crippen molar-refractivity contribution in [1.82, 2.24) is 0 Å². The third-order valence-corrected chi connectivity index (χ3v) is 4.84. The minimum absolute atomic E-state index is 0.692. The van der Waals surface area contributed by atoms with Gasteiger partial charge in [0.1, 0.15) is 0 Å². The summed E-state index contributed by atoms with van der Waals surface area (Å²) in [4.78, 5) is 2.56. The lowest BCUT2D eigenvalue weighted by Crippen LogP contribution is -2.63. The van der Waals surface area contributed by atoms with E-state index in [2.05, 4.69) is 49.9 Å². The van der Waals surface area contributed by atoms with Gasteiger partial charge in [0.15, 0.2) is 0 Å². The van der Waals surface area contributed by atoms with Crippen LogP contribution in [0.1, 0.15) is 32.3 Å².